The van der Waals surface area contributed by atoms with Crippen LogP contribution in [-0.2, 0) is 32.1 Å². The fraction of sp³-hybridized carbons (Fsp3) is 0.593. The number of carbonyl (C=O) groups is 3. The van der Waals surface area contributed by atoms with Crippen molar-refractivity contribution in [3.63, 3.8) is 0 Å². The molecular formula is C27H39NO7. The minimum Gasteiger partial charge on any atom is -0.496 e. The number of carbonyl (C=O) groups excluding carboxylic acids is 3. The van der Waals surface area contributed by atoms with E-state index >= 15 is 0 Å². The van der Waals surface area contributed by atoms with Crippen LogP contribution in [0.25, 0.3) is 0 Å². The molecule has 0 saturated carbocycles. The Hall–Kier alpha value is -2.87. The van der Waals surface area contributed by atoms with E-state index in [1.165, 1.54) is 0 Å². The van der Waals surface area contributed by atoms with Gasteiger partial charge in [0.25, 0.3) is 0 Å². The van der Waals surface area contributed by atoms with Crippen molar-refractivity contribution in [3.05, 3.63) is 33.9 Å². The quantitative estimate of drug-likeness (QED) is 0.214. The molecule has 0 saturated heterocycles. The molecule has 1 aliphatic rings. The lowest BCUT2D eigenvalue weighted by atomic mass is 9.94. The van der Waals surface area contributed by atoms with Crippen LogP contribution in [0.5, 0.6) is 11.5 Å². The van der Waals surface area contributed by atoms with E-state index in [9.17, 15) is 14.4 Å². The van der Waals surface area contributed by atoms with Crippen LogP contribution in [0.4, 0.5) is 0 Å². The number of esters is 3. The van der Waals surface area contributed by atoms with Crippen LogP contribution in [0.15, 0.2) is 11.6 Å². The van der Waals surface area contributed by atoms with E-state index in [1.54, 1.807) is 14.0 Å². The molecule has 1 heterocycles. The van der Waals surface area contributed by atoms with Crippen LogP contribution >= 0.6 is 0 Å². The van der Waals surface area contributed by atoms with Gasteiger partial charge in [-0.25, -0.2) is 4.79 Å². The first-order valence-electron chi connectivity index (χ1n) is 12.4. The first kappa shape index (κ1) is 28.4. The first-order chi connectivity index (χ1) is 16.8. The summed E-state index contributed by atoms with van der Waals surface area (Å²) in [4.78, 5) is 39.0. The Balaban J connectivity index is 2.11. The van der Waals surface area contributed by atoms with E-state index in [2.05, 4.69) is 18.7 Å². The first-order valence-corrected chi connectivity index (χ1v) is 12.4. The van der Waals surface area contributed by atoms with Gasteiger partial charge in [-0.3, -0.25) is 9.59 Å². The Morgan fingerprint density at radius 1 is 1.09 bits per heavy atom. The van der Waals surface area contributed by atoms with Crippen LogP contribution in [0.1, 0.15) is 80.4 Å². The second kappa shape index (κ2) is 13.9. The van der Waals surface area contributed by atoms with Crippen LogP contribution < -0.4 is 9.47 Å². The van der Waals surface area contributed by atoms with Gasteiger partial charge >= 0.3 is 17.9 Å². The fourth-order valence-corrected chi connectivity index (χ4v) is 4.09. The van der Waals surface area contributed by atoms with Crippen LogP contribution in [0, 0.1) is 6.92 Å². The van der Waals surface area contributed by atoms with Gasteiger partial charge in [0.15, 0.2) is 5.75 Å². The van der Waals surface area contributed by atoms with Gasteiger partial charge in [-0.2, -0.15) is 0 Å². The summed E-state index contributed by atoms with van der Waals surface area (Å²) >= 11 is 0. The molecule has 1 aromatic rings. The van der Waals surface area contributed by atoms with Gasteiger partial charge in [0.1, 0.15) is 24.5 Å². The Labute approximate surface area is 208 Å². The minimum atomic E-state index is -0.505. The van der Waals surface area contributed by atoms with Crippen LogP contribution in [0.2, 0.25) is 0 Å². The molecule has 8 heteroatoms. The summed E-state index contributed by atoms with van der Waals surface area (Å²) in [5.74, 6) is -0.403. The summed E-state index contributed by atoms with van der Waals surface area (Å²) in [7, 11) is 1.55. The predicted octanol–water partition coefficient (Wildman–Crippen LogP) is 4.53. The Kier molecular flexibility index (Phi) is 11.2. The van der Waals surface area contributed by atoms with E-state index in [-0.39, 0.29) is 31.2 Å². The molecule has 1 aromatic carbocycles. The third kappa shape index (κ3) is 7.56. The molecule has 2 rings (SSSR count). The molecule has 0 fully saturated rings. The highest BCUT2D eigenvalue weighted by atomic mass is 16.6. The zero-order valence-corrected chi connectivity index (χ0v) is 22.0. The number of ether oxygens (including phenoxy) is 4. The number of rotatable bonds is 14. The number of benzene rings is 1. The van der Waals surface area contributed by atoms with E-state index in [0.29, 0.717) is 41.9 Å². The summed E-state index contributed by atoms with van der Waals surface area (Å²) in [5.41, 5.74) is 3.36. The fourth-order valence-electron chi connectivity index (χ4n) is 4.09. The maximum Gasteiger partial charge on any atom is 0.342 e. The molecule has 0 aliphatic carbocycles. The molecule has 0 atom stereocenters. The van der Waals surface area contributed by atoms with Crippen LogP contribution in [0.3, 0.4) is 0 Å². The lowest BCUT2D eigenvalue weighted by Gasteiger charge is -2.19. The van der Waals surface area contributed by atoms with Crippen molar-refractivity contribution in [2.24, 2.45) is 0 Å². The van der Waals surface area contributed by atoms with Gasteiger partial charge in [0, 0.05) is 30.5 Å². The van der Waals surface area contributed by atoms with E-state index in [0.717, 1.165) is 37.2 Å². The molecule has 0 spiro atoms. The maximum atomic E-state index is 12.4. The van der Waals surface area contributed by atoms with Crippen molar-refractivity contribution in [2.45, 2.75) is 73.3 Å². The monoisotopic (exact) mass is 489 g/mol. The molecule has 0 amide bonds. The summed E-state index contributed by atoms with van der Waals surface area (Å²) in [6.07, 6.45) is 4.41. The number of allylic oxidation sites excluding steroid dienone is 2. The number of fused-ring (bicyclic) bond motifs is 1. The normalized spacial score (nSPS) is 13.0. The van der Waals surface area contributed by atoms with Gasteiger partial charge in [0.2, 0.25) is 0 Å². The van der Waals surface area contributed by atoms with Crippen molar-refractivity contribution in [1.29, 1.82) is 0 Å². The molecule has 35 heavy (non-hydrogen) atoms. The average molecular weight is 490 g/mol. The predicted molar refractivity (Wildman–Crippen MR) is 133 cm³/mol. The molecule has 8 nitrogen and oxygen atoms in total. The van der Waals surface area contributed by atoms with Crippen LogP contribution in [-0.4, -0.2) is 56.2 Å². The molecule has 0 radical (unpaired) electrons. The summed E-state index contributed by atoms with van der Waals surface area (Å²) < 4.78 is 21.9. The van der Waals surface area contributed by atoms with Gasteiger partial charge in [-0.15, -0.1) is 0 Å². The number of likely N-dealkylation sites (N-methyl/N-ethyl adjacent to an activating group) is 1. The maximum absolute atomic E-state index is 12.4. The lowest BCUT2D eigenvalue weighted by Crippen LogP contribution is -2.28. The largest absolute Gasteiger partial charge is 0.496 e. The molecule has 194 valence electrons. The number of cyclic esters (lactones) is 1. The Morgan fingerprint density at radius 3 is 2.46 bits per heavy atom. The topological polar surface area (TPSA) is 91.4 Å². The van der Waals surface area contributed by atoms with Crippen molar-refractivity contribution >= 4 is 17.9 Å². The second-order valence-electron chi connectivity index (χ2n) is 8.63. The molecule has 1 aliphatic heterocycles. The summed E-state index contributed by atoms with van der Waals surface area (Å²) in [6.45, 7) is 12.9. The molecule has 0 N–H and O–H groups in total. The number of hydrogen-bond acceptors (Lipinski definition) is 8. The van der Waals surface area contributed by atoms with Crippen molar-refractivity contribution in [1.82, 2.24) is 4.90 Å². The summed E-state index contributed by atoms with van der Waals surface area (Å²) in [6, 6.07) is 0. The zero-order valence-electron chi connectivity index (χ0n) is 22.0. The smallest absolute Gasteiger partial charge is 0.342 e. The van der Waals surface area contributed by atoms with E-state index in [1.807, 2.05) is 19.9 Å². The highest BCUT2D eigenvalue weighted by Gasteiger charge is 2.33. The Morgan fingerprint density at radius 2 is 1.83 bits per heavy atom. The molecular weight excluding hydrogens is 450 g/mol. The van der Waals surface area contributed by atoms with Crippen molar-refractivity contribution < 1.29 is 33.3 Å². The second-order valence-corrected chi connectivity index (χ2v) is 8.63. The van der Waals surface area contributed by atoms with Gasteiger partial charge in [-0.1, -0.05) is 32.4 Å². The van der Waals surface area contributed by atoms with Gasteiger partial charge in [-0.05, 0) is 51.8 Å². The highest BCUT2D eigenvalue weighted by molar-refractivity contribution is 5.99. The molecule has 0 aromatic heterocycles. The Bertz CT molecular complexity index is 952. The summed E-state index contributed by atoms with van der Waals surface area (Å²) in [5, 5.41) is 0. The SMILES string of the molecule is CCCN(CC)CCOC(=O)CC/C(C)=C/Cc1c(OC)c(C)c2c(c1OC(=O)CC)C(=O)OC2. The highest BCUT2D eigenvalue weighted by Crippen LogP contribution is 2.43. The third-order valence-electron chi connectivity index (χ3n) is 6.17. The van der Waals surface area contributed by atoms with Gasteiger partial charge in [0.05, 0.1) is 7.11 Å². The standard InChI is InChI=1S/C27H39NO7/c1-7-14-28(9-3)15-16-33-23(30)13-11-18(4)10-12-20-25(32-6)19(5)21-17-34-27(31)24(21)26(20)35-22(29)8-2/h10H,7-9,11-17H2,1-6H3/b18-10+. The average Bonchev–Trinajstić information content (AvgIpc) is 3.24. The number of hydrogen-bond donors (Lipinski definition) is 0. The van der Waals surface area contributed by atoms with Crippen molar-refractivity contribution in [3.8, 4) is 11.5 Å². The minimum absolute atomic E-state index is 0.124. The van der Waals surface area contributed by atoms with E-state index < -0.39 is 11.9 Å². The molecule has 0 unspecified atom stereocenters. The number of methoxy groups -OCH3 is 1. The lowest BCUT2D eigenvalue weighted by molar-refractivity contribution is -0.144. The number of nitrogens with zero attached hydrogens (tertiary/aromatic N) is 1. The van der Waals surface area contributed by atoms with E-state index in [4.69, 9.17) is 18.9 Å². The third-order valence-corrected chi connectivity index (χ3v) is 6.17. The molecule has 0 bridgehead atoms. The van der Waals surface area contributed by atoms with Crippen molar-refractivity contribution in [2.75, 3.05) is 33.4 Å². The zero-order chi connectivity index (χ0) is 26.0. The van der Waals surface area contributed by atoms with Gasteiger partial charge < -0.3 is 23.8 Å².